The second-order valence-corrected chi connectivity index (χ2v) is 4.14. The summed E-state index contributed by atoms with van der Waals surface area (Å²) in [6.07, 6.45) is 5.16. The zero-order chi connectivity index (χ0) is 8.41. The van der Waals surface area contributed by atoms with Gasteiger partial charge in [-0.1, -0.05) is 47.6 Å². The first kappa shape index (κ1) is 10.4. The fraction of sp³-hybridized carbons (Fsp3) is 0.667. The first-order chi connectivity index (χ1) is 4.37. The van der Waals surface area contributed by atoms with Crippen LogP contribution in [0.4, 0.5) is 0 Å². The van der Waals surface area contributed by atoms with Gasteiger partial charge in [-0.2, -0.15) is 0 Å². The molecule has 58 valence electrons. The Morgan fingerprint density at radius 1 is 1.50 bits per heavy atom. The van der Waals surface area contributed by atoms with Crippen molar-refractivity contribution in [1.82, 2.24) is 0 Å². The molecule has 0 saturated heterocycles. The van der Waals surface area contributed by atoms with Crippen LogP contribution in [-0.2, 0) is 0 Å². The van der Waals surface area contributed by atoms with Gasteiger partial charge in [0, 0.05) is 0 Å². The molecule has 1 N–H and O–H groups in total. The summed E-state index contributed by atoms with van der Waals surface area (Å²) >= 11 is 16.1. The molecule has 0 amide bonds. The molecular weight excluding hydrogens is 194 g/mol. The summed E-state index contributed by atoms with van der Waals surface area (Å²) in [5.41, 5.74) is -1.66. The van der Waals surface area contributed by atoms with Crippen molar-refractivity contribution in [3.63, 3.8) is 0 Å². The van der Waals surface area contributed by atoms with Crippen LogP contribution in [0, 0.1) is 12.3 Å². The molecular formula is C6H7Cl3O. The summed E-state index contributed by atoms with van der Waals surface area (Å²) in [5, 5.41) is 9.33. The minimum absolute atomic E-state index is 0.208. The van der Waals surface area contributed by atoms with Gasteiger partial charge in [-0.05, 0) is 6.42 Å². The standard InChI is InChI=1S/C6H7Cl3O/c1-3-5(10,4-2)6(7,8)9/h1,10H,4H2,2H3. The smallest absolute Gasteiger partial charge is 0.229 e. The van der Waals surface area contributed by atoms with Gasteiger partial charge in [-0.25, -0.2) is 0 Å². The maximum Gasteiger partial charge on any atom is 0.229 e. The number of hydrogen-bond donors (Lipinski definition) is 1. The van der Waals surface area contributed by atoms with Gasteiger partial charge < -0.3 is 5.11 Å². The summed E-state index contributed by atoms with van der Waals surface area (Å²) in [6.45, 7) is 1.64. The fourth-order valence-electron chi connectivity index (χ4n) is 0.384. The predicted octanol–water partition coefficient (Wildman–Crippen LogP) is 2.13. The molecule has 0 spiro atoms. The van der Waals surface area contributed by atoms with Gasteiger partial charge in [0.1, 0.15) is 0 Å². The number of hydrogen-bond acceptors (Lipinski definition) is 1. The van der Waals surface area contributed by atoms with Gasteiger partial charge in [-0.15, -0.1) is 6.42 Å². The Labute approximate surface area is 75.3 Å². The number of alkyl halides is 3. The summed E-state index contributed by atoms with van der Waals surface area (Å²) < 4.78 is -1.81. The second-order valence-electron chi connectivity index (χ2n) is 1.86. The van der Waals surface area contributed by atoms with Crippen molar-refractivity contribution >= 4 is 34.8 Å². The van der Waals surface area contributed by atoms with Crippen molar-refractivity contribution in [2.45, 2.75) is 22.7 Å². The Hall–Kier alpha value is 0.390. The molecule has 0 aliphatic rings. The van der Waals surface area contributed by atoms with Crippen LogP contribution in [0.2, 0.25) is 0 Å². The zero-order valence-corrected chi connectivity index (χ0v) is 7.63. The minimum Gasteiger partial charge on any atom is -0.373 e. The molecule has 1 unspecified atom stereocenters. The lowest BCUT2D eigenvalue weighted by Crippen LogP contribution is -2.40. The van der Waals surface area contributed by atoms with Gasteiger partial charge in [-0.3, -0.25) is 0 Å². The first-order valence-corrected chi connectivity index (χ1v) is 3.77. The van der Waals surface area contributed by atoms with Crippen molar-refractivity contribution in [3.8, 4) is 12.3 Å². The molecule has 0 aromatic rings. The maximum atomic E-state index is 9.33. The average molecular weight is 201 g/mol. The maximum absolute atomic E-state index is 9.33. The van der Waals surface area contributed by atoms with Gasteiger partial charge in [0.2, 0.25) is 3.79 Å². The van der Waals surface area contributed by atoms with E-state index >= 15 is 0 Å². The number of terminal acetylenes is 1. The molecule has 0 fully saturated rings. The largest absolute Gasteiger partial charge is 0.373 e. The zero-order valence-electron chi connectivity index (χ0n) is 5.37. The van der Waals surface area contributed by atoms with Crippen LogP contribution in [0.15, 0.2) is 0 Å². The third-order valence-corrected chi connectivity index (χ3v) is 2.16. The van der Waals surface area contributed by atoms with Crippen LogP contribution in [0.25, 0.3) is 0 Å². The minimum atomic E-state index is -1.81. The normalized spacial score (nSPS) is 17.6. The summed E-state index contributed by atoms with van der Waals surface area (Å²) in [5.74, 6) is 2.03. The van der Waals surface area contributed by atoms with Crippen molar-refractivity contribution in [3.05, 3.63) is 0 Å². The van der Waals surface area contributed by atoms with Crippen LogP contribution < -0.4 is 0 Å². The third kappa shape index (κ3) is 1.93. The molecule has 0 aromatic carbocycles. The number of halogens is 3. The van der Waals surface area contributed by atoms with Crippen molar-refractivity contribution in [2.75, 3.05) is 0 Å². The molecule has 0 radical (unpaired) electrons. The van der Waals surface area contributed by atoms with E-state index in [-0.39, 0.29) is 6.42 Å². The summed E-state index contributed by atoms with van der Waals surface area (Å²) in [7, 11) is 0. The molecule has 1 nitrogen and oxygen atoms in total. The van der Waals surface area contributed by atoms with E-state index in [9.17, 15) is 5.11 Å². The third-order valence-electron chi connectivity index (χ3n) is 1.22. The molecule has 0 aliphatic carbocycles. The van der Waals surface area contributed by atoms with E-state index in [0.29, 0.717) is 0 Å². The average Bonchev–Trinajstić information content (AvgIpc) is 1.84. The predicted molar refractivity (Wildman–Crippen MR) is 44.4 cm³/mol. The lowest BCUT2D eigenvalue weighted by Gasteiger charge is -2.27. The molecule has 0 bridgehead atoms. The van der Waals surface area contributed by atoms with Crippen molar-refractivity contribution < 1.29 is 5.11 Å². The highest BCUT2D eigenvalue weighted by Gasteiger charge is 2.44. The fourth-order valence-corrected chi connectivity index (χ4v) is 0.949. The molecule has 4 heteroatoms. The van der Waals surface area contributed by atoms with E-state index in [1.54, 1.807) is 6.92 Å². The Kier molecular flexibility index (Phi) is 3.32. The summed E-state index contributed by atoms with van der Waals surface area (Å²) in [6, 6.07) is 0. The molecule has 0 rings (SSSR count). The Morgan fingerprint density at radius 2 is 1.90 bits per heavy atom. The van der Waals surface area contributed by atoms with Crippen LogP contribution in [0.3, 0.4) is 0 Å². The molecule has 0 aromatic heterocycles. The molecule has 0 aliphatic heterocycles. The van der Waals surface area contributed by atoms with Crippen molar-refractivity contribution in [2.24, 2.45) is 0 Å². The summed E-state index contributed by atoms with van der Waals surface area (Å²) in [4.78, 5) is 0. The van der Waals surface area contributed by atoms with Crippen LogP contribution in [0.1, 0.15) is 13.3 Å². The molecule has 1 atom stereocenters. The first-order valence-electron chi connectivity index (χ1n) is 2.64. The highest BCUT2D eigenvalue weighted by atomic mass is 35.6. The van der Waals surface area contributed by atoms with Gasteiger partial charge >= 0.3 is 0 Å². The SMILES string of the molecule is C#CC(O)(CC)C(Cl)(Cl)Cl. The number of rotatable bonds is 1. The lowest BCUT2D eigenvalue weighted by atomic mass is 10.1. The topological polar surface area (TPSA) is 20.2 Å². The van der Waals surface area contributed by atoms with Crippen LogP contribution >= 0.6 is 34.8 Å². The van der Waals surface area contributed by atoms with Gasteiger partial charge in [0.25, 0.3) is 0 Å². The molecule has 10 heavy (non-hydrogen) atoms. The van der Waals surface area contributed by atoms with Crippen LogP contribution in [0.5, 0.6) is 0 Å². The Morgan fingerprint density at radius 3 is 1.90 bits per heavy atom. The highest BCUT2D eigenvalue weighted by molar-refractivity contribution is 6.68. The van der Waals surface area contributed by atoms with E-state index in [1.807, 2.05) is 5.92 Å². The van der Waals surface area contributed by atoms with Gasteiger partial charge in [0.15, 0.2) is 5.60 Å². The van der Waals surface area contributed by atoms with E-state index in [4.69, 9.17) is 41.2 Å². The Bertz CT molecular complexity index is 155. The van der Waals surface area contributed by atoms with E-state index in [0.717, 1.165) is 0 Å². The highest BCUT2D eigenvalue weighted by Crippen LogP contribution is 2.39. The van der Waals surface area contributed by atoms with E-state index < -0.39 is 9.39 Å². The Balaban J connectivity index is 4.54. The lowest BCUT2D eigenvalue weighted by molar-refractivity contribution is 0.101. The number of aliphatic hydroxyl groups is 1. The molecule has 0 saturated carbocycles. The quantitative estimate of drug-likeness (QED) is 0.509. The van der Waals surface area contributed by atoms with Crippen LogP contribution in [-0.4, -0.2) is 14.5 Å². The van der Waals surface area contributed by atoms with E-state index in [1.165, 1.54) is 0 Å². The van der Waals surface area contributed by atoms with Crippen molar-refractivity contribution in [1.29, 1.82) is 0 Å². The molecule has 0 heterocycles. The van der Waals surface area contributed by atoms with Gasteiger partial charge in [0.05, 0.1) is 0 Å². The monoisotopic (exact) mass is 200 g/mol. The second kappa shape index (κ2) is 3.19. The van der Waals surface area contributed by atoms with E-state index in [2.05, 4.69) is 0 Å².